The third kappa shape index (κ3) is 25.7. The molecule has 0 unspecified atom stereocenters. The largest absolute Gasteiger partial charge is 0.481 e. The summed E-state index contributed by atoms with van der Waals surface area (Å²) in [5, 5.41) is 66.9. The number of benzene rings is 2. The summed E-state index contributed by atoms with van der Waals surface area (Å²) < 4.78 is 0. The lowest BCUT2D eigenvalue weighted by molar-refractivity contribution is -0.138. The highest BCUT2D eigenvalue weighted by molar-refractivity contribution is 5.93. The van der Waals surface area contributed by atoms with Gasteiger partial charge in [0.15, 0.2) is 0 Å². The predicted octanol–water partition coefficient (Wildman–Crippen LogP) is 4.97. The van der Waals surface area contributed by atoms with E-state index < -0.39 is 35.8 Å². The van der Waals surface area contributed by atoms with Crippen LogP contribution >= 0.6 is 0 Å². The van der Waals surface area contributed by atoms with E-state index in [2.05, 4.69) is 0 Å². The Labute approximate surface area is 266 Å². The van der Waals surface area contributed by atoms with Gasteiger partial charge in [-0.1, -0.05) is 44.6 Å². The van der Waals surface area contributed by atoms with Gasteiger partial charge in [-0.2, -0.15) is 0 Å². The molecule has 0 atom stereocenters. The number of aliphatic hydroxyl groups is 2. The zero-order chi connectivity index (χ0) is 35.3. The van der Waals surface area contributed by atoms with Crippen molar-refractivity contribution in [2.45, 2.75) is 77.0 Å². The van der Waals surface area contributed by atoms with Crippen molar-refractivity contribution in [3.8, 4) is 0 Å². The summed E-state index contributed by atoms with van der Waals surface area (Å²) in [6.07, 6.45) is 9.95. The van der Waals surface area contributed by atoms with Crippen LogP contribution in [0.2, 0.25) is 0 Å². The van der Waals surface area contributed by atoms with Crippen LogP contribution in [0.1, 0.15) is 118 Å². The van der Waals surface area contributed by atoms with Crippen molar-refractivity contribution in [1.82, 2.24) is 0 Å². The first-order valence-corrected chi connectivity index (χ1v) is 14.5. The van der Waals surface area contributed by atoms with Gasteiger partial charge in [-0.05, 0) is 68.1 Å². The number of carboxylic acids is 6. The summed E-state index contributed by atoms with van der Waals surface area (Å²) in [4.78, 5) is 61.9. The Balaban J connectivity index is 0. The molecule has 14 nitrogen and oxygen atoms in total. The summed E-state index contributed by atoms with van der Waals surface area (Å²) in [7, 11) is 0. The van der Waals surface area contributed by atoms with Gasteiger partial charge in [0, 0.05) is 26.1 Å². The molecular formula is C32H44O14. The van der Waals surface area contributed by atoms with Gasteiger partial charge in [-0.25, -0.2) is 19.2 Å². The molecule has 14 heteroatoms. The van der Waals surface area contributed by atoms with Gasteiger partial charge in [-0.15, -0.1) is 0 Å². The Bertz CT molecular complexity index is 1100. The molecule has 2 aromatic carbocycles. The maximum absolute atomic E-state index is 10.4. The second-order valence-corrected chi connectivity index (χ2v) is 9.65. The van der Waals surface area contributed by atoms with E-state index in [1.165, 1.54) is 42.5 Å². The highest BCUT2D eigenvalue weighted by Crippen LogP contribution is 2.10. The minimum absolute atomic E-state index is 0.0186. The van der Waals surface area contributed by atoms with Crippen molar-refractivity contribution in [1.29, 1.82) is 0 Å². The minimum Gasteiger partial charge on any atom is -0.481 e. The molecule has 2 rings (SSSR count). The summed E-state index contributed by atoms with van der Waals surface area (Å²) in [5.41, 5.74) is 0.129. The van der Waals surface area contributed by atoms with Gasteiger partial charge < -0.3 is 40.9 Å². The first kappa shape index (κ1) is 43.3. The molecule has 8 N–H and O–H groups in total. The monoisotopic (exact) mass is 652 g/mol. The molecule has 2 aromatic rings. The van der Waals surface area contributed by atoms with Crippen molar-refractivity contribution in [2.75, 3.05) is 13.2 Å². The van der Waals surface area contributed by atoms with E-state index in [9.17, 15) is 28.8 Å². The molecule has 0 bridgehead atoms. The van der Waals surface area contributed by atoms with Crippen molar-refractivity contribution >= 4 is 35.8 Å². The normalized spacial score (nSPS) is 9.61. The third-order valence-electron chi connectivity index (χ3n) is 5.83. The number of aromatic carboxylic acids is 4. The SMILES string of the molecule is O=C(O)CCCCCCCCCCC(=O)O.O=C(O)c1ccc(C(=O)O)cc1.O=C(O)c1cccc(C(=O)O)c1.OCCCCO. The average Bonchev–Trinajstić information content (AvgIpc) is 3.01. The van der Waals surface area contributed by atoms with Crippen molar-refractivity contribution in [3.63, 3.8) is 0 Å². The van der Waals surface area contributed by atoms with Gasteiger partial charge >= 0.3 is 35.8 Å². The molecule has 0 aliphatic heterocycles. The van der Waals surface area contributed by atoms with E-state index in [1.54, 1.807) is 0 Å². The molecule has 46 heavy (non-hydrogen) atoms. The number of unbranched alkanes of at least 4 members (excludes halogenated alkanes) is 8. The van der Waals surface area contributed by atoms with E-state index >= 15 is 0 Å². The molecule has 0 heterocycles. The van der Waals surface area contributed by atoms with Crippen LogP contribution < -0.4 is 0 Å². The second-order valence-electron chi connectivity index (χ2n) is 9.65. The van der Waals surface area contributed by atoms with Crippen LogP contribution in [-0.2, 0) is 9.59 Å². The zero-order valence-corrected chi connectivity index (χ0v) is 25.5. The molecular weight excluding hydrogens is 608 g/mol. The lowest BCUT2D eigenvalue weighted by atomic mass is 10.1. The van der Waals surface area contributed by atoms with Crippen molar-refractivity contribution in [2.24, 2.45) is 0 Å². The number of aliphatic hydroxyl groups excluding tert-OH is 2. The van der Waals surface area contributed by atoms with Gasteiger partial charge in [0.25, 0.3) is 0 Å². The molecule has 0 aromatic heterocycles. The van der Waals surface area contributed by atoms with Gasteiger partial charge in [0.1, 0.15) is 0 Å². The zero-order valence-electron chi connectivity index (χ0n) is 25.5. The fourth-order valence-corrected chi connectivity index (χ4v) is 3.38. The topological polar surface area (TPSA) is 264 Å². The summed E-state index contributed by atoms with van der Waals surface area (Å²) in [5.74, 6) is -5.81. The smallest absolute Gasteiger partial charge is 0.335 e. The first-order valence-electron chi connectivity index (χ1n) is 14.5. The molecule has 0 aliphatic carbocycles. The standard InChI is InChI=1S/C12H22O4.2C8H6O4.C4H10O2/c13-11(14)9-7-5-3-1-2-4-6-8-10-12(15)16;9-7(10)5-1-2-6(4-3-5)8(11)12;9-7(10)5-2-1-3-6(4-5)8(11)12;5-3-1-2-4-6/h1-10H2,(H,13,14)(H,15,16);2*1-4H,(H,9,10)(H,11,12);5-6H,1-4H2. The number of carbonyl (C=O) groups is 6. The van der Waals surface area contributed by atoms with E-state index in [1.807, 2.05) is 0 Å². The average molecular weight is 653 g/mol. The summed E-state index contributed by atoms with van der Waals surface area (Å²) in [6, 6.07) is 10.2. The maximum atomic E-state index is 10.4. The van der Waals surface area contributed by atoms with Crippen LogP contribution in [0.3, 0.4) is 0 Å². The Morgan fingerprint density at radius 2 is 0.674 bits per heavy atom. The molecule has 0 fully saturated rings. The molecule has 0 aliphatic rings. The van der Waals surface area contributed by atoms with E-state index in [0.29, 0.717) is 0 Å². The lowest BCUT2D eigenvalue weighted by Gasteiger charge is -2.00. The van der Waals surface area contributed by atoms with Crippen LogP contribution in [0, 0.1) is 0 Å². The quantitative estimate of drug-likeness (QED) is 0.0988. The predicted molar refractivity (Wildman–Crippen MR) is 166 cm³/mol. The summed E-state index contributed by atoms with van der Waals surface area (Å²) >= 11 is 0. The maximum Gasteiger partial charge on any atom is 0.335 e. The van der Waals surface area contributed by atoms with Crippen LogP contribution in [0.25, 0.3) is 0 Å². The van der Waals surface area contributed by atoms with E-state index in [0.717, 1.165) is 70.3 Å². The van der Waals surface area contributed by atoms with Crippen LogP contribution in [0.15, 0.2) is 48.5 Å². The molecule has 256 valence electrons. The Kier molecular flexibility index (Phi) is 26.1. The van der Waals surface area contributed by atoms with Gasteiger partial charge in [-0.3, -0.25) is 9.59 Å². The first-order chi connectivity index (χ1) is 21.8. The number of aliphatic carboxylic acids is 2. The number of hydrogen-bond donors (Lipinski definition) is 8. The minimum atomic E-state index is -1.13. The fraction of sp³-hybridized carbons (Fsp3) is 0.438. The Morgan fingerprint density at radius 1 is 0.391 bits per heavy atom. The van der Waals surface area contributed by atoms with Gasteiger partial charge in [0.2, 0.25) is 0 Å². The second kappa shape index (κ2) is 27.7. The third-order valence-corrected chi connectivity index (χ3v) is 5.83. The lowest BCUT2D eigenvalue weighted by Crippen LogP contribution is -2.01. The van der Waals surface area contributed by atoms with Crippen molar-refractivity contribution < 1.29 is 69.6 Å². The van der Waals surface area contributed by atoms with E-state index in [-0.39, 0.29) is 48.3 Å². The highest BCUT2D eigenvalue weighted by Gasteiger charge is 2.07. The van der Waals surface area contributed by atoms with Gasteiger partial charge in [0.05, 0.1) is 22.3 Å². The highest BCUT2D eigenvalue weighted by atomic mass is 16.4. The van der Waals surface area contributed by atoms with Crippen LogP contribution in [-0.4, -0.2) is 89.9 Å². The van der Waals surface area contributed by atoms with E-state index in [4.69, 9.17) is 40.9 Å². The Morgan fingerprint density at radius 3 is 0.913 bits per heavy atom. The molecule has 0 amide bonds. The molecule has 0 radical (unpaired) electrons. The van der Waals surface area contributed by atoms with Crippen LogP contribution in [0.5, 0.6) is 0 Å². The molecule has 0 saturated carbocycles. The fourth-order valence-electron chi connectivity index (χ4n) is 3.38. The molecule has 0 spiro atoms. The number of rotatable bonds is 18. The molecule has 0 saturated heterocycles. The number of hydrogen-bond acceptors (Lipinski definition) is 8. The van der Waals surface area contributed by atoms with Crippen LogP contribution in [0.4, 0.5) is 0 Å². The Hall–Kier alpha value is -4.82. The summed E-state index contributed by atoms with van der Waals surface area (Å²) in [6.45, 7) is 0.390. The number of carboxylic acid groups (broad SMARTS) is 6. The van der Waals surface area contributed by atoms with Crippen molar-refractivity contribution in [3.05, 3.63) is 70.8 Å².